The van der Waals surface area contributed by atoms with Crippen molar-refractivity contribution in [2.75, 3.05) is 13.2 Å². The smallest absolute Gasteiger partial charge is 0.262 e. The van der Waals surface area contributed by atoms with Gasteiger partial charge in [-0.25, -0.2) is 8.78 Å². The Hall–Kier alpha value is -3.26. The number of aliphatic hydroxyl groups excluding tert-OH is 1. The van der Waals surface area contributed by atoms with Crippen LogP contribution in [0.15, 0.2) is 36.4 Å². The molecule has 0 aliphatic rings. The molecule has 3 N–H and O–H groups in total. The van der Waals surface area contributed by atoms with E-state index in [9.17, 15) is 23.5 Å². The summed E-state index contributed by atoms with van der Waals surface area (Å²) in [4.78, 5) is 25.1. The zero-order valence-electron chi connectivity index (χ0n) is 15.0. The minimum atomic E-state index is -0.908. The number of aromatic nitrogens is 1. The lowest BCUT2D eigenvalue weighted by atomic mass is 10.1. The summed E-state index contributed by atoms with van der Waals surface area (Å²) in [5.41, 5.74) is 1.21. The van der Waals surface area contributed by atoms with Crippen LogP contribution in [0, 0.1) is 18.6 Å². The number of rotatable bonds is 5. The molecule has 0 spiro atoms. The first-order valence-electron chi connectivity index (χ1n) is 8.53. The predicted octanol–water partition coefficient (Wildman–Crippen LogP) is 2.27. The van der Waals surface area contributed by atoms with Crippen LogP contribution in [-0.4, -0.2) is 39.7 Å². The second kappa shape index (κ2) is 7.77. The van der Waals surface area contributed by atoms with Gasteiger partial charge in [-0.1, -0.05) is 0 Å². The molecule has 0 fully saturated rings. The molecule has 2 aromatic carbocycles. The molecule has 3 rings (SSSR count). The standard InChI is InChI=1S/C20H18F2N2O4/c1-11-14(9-19(27)23-6-7-25)15-8-18(26)16(22)10-17(15)24(11)20(28)12-2-4-13(21)5-3-12/h2-5,8,10,25-26H,6-7,9H2,1H3,(H,23,27). The number of aliphatic hydroxyl groups is 1. The van der Waals surface area contributed by atoms with E-state index in [0.29, 0.717) is 16.6 Å². The van der Waals surface area contributed by atoms with Crippen molar-refractivity contribution in [1.82, 2.24) is 9.88 Å². The molecule has 0 saturated heterocycles. The van der Waals surface area contributed by atoms with Crippen molar-refractivity contribution < 1.29 is 28.6 Å². The predicted molar refractivity (Wildman–Crippen MR) is 98.2 cm³/mol. The summed E-state index contributed by atoms with van der Waals surface area (Å²) in [6.07, 6.45) is -0.128. The molecule has 6 nitrogen and oxygen atoms in total. The number of amides is 1. The summed E-state index contributed by atoms with van der Waals surface area (Å²) >= 11 is 0. The normalized spacial score (nSPS) is 11.0. The van der Waals surface area contributed by atoms with Crippen LogP contribution in [0.1, 0.15) is 21.6 Å². The third-order valence-corrected chi connectivity index (χ3v) is 4.47. The van der Waals surface area contributed by atoms with Crippen molar-refractivity contribution in [2.45, 2.75) is 13.3 Å². The maximum absolute atomic E-state index is 14.0. The lowest BCUT2D eigenvalue weighted by Gasteiger charge is -2.08. The Kier molecular flexibility index (Phi) is 5.41. The summed E-state index contributed by atoms with van der Waals surface area (Å²) in [5.74, 6) is -2.92. The third kappa shape index (κ3) is 3.59. The zero-order valence-corrected chi connectivity index (χ0v) is 15.0. The van der Waals surface area contributed by atoms with E-state index in [1.54, 1.807) is 6.92 Å². The second-order valence-corrected chi connectivity index (χ2v) is 6.28. The topological polar surface area (TPSA) is 91.6 Å². The molecule has 1 amide bonds. The minimum absolute atomic E-state index is 0.0743. The number of phenolic OH excluding ortho intramolecular Hbond substituents is 1. The highest BCUT2D eigenvalue weighted by atomic mass is 19.1. The van der Waals surface area contributed by atoms with E-state index >= 15 is 0 Å². The summed E-state index contributed by atoms with van der Waals surface area (Å²) in [5, 5.41) is 21.5. The molecule has 146 valence electrons. The van der Waals surface area contributed by atoms with Crippen LogP contribution < -0.4 is 5.32 Å². The first kappa shape index (κ1) is 19.5. The lowest BCUT2D eigenvalue weighted by molar-refractivity contribution is -0.120. The Morgan fingerprint density at radius 2 is 1.82 bits per heavy atom. The molecule has 0 aliphatic heterocycles. The molecule has 28 heavy (non-hydrogen) atoms. The maximum atomic E-state index is 14.0. The van der Waals surface area contributed by atoms with E-state index in [0.717, 1.165) is 18.2 Å². The van der Waals surface area contributed by atoms with Crippen molar-refractivity contribution in [1.29, 1.82) is 0 Å². The van der Waals surface area contributed by atoms with E-state index < -0.39 is 29.2 Å². The van der Waals surface area contributed by atoms with Crippen LogP contribution in [0.25, 0.3) is 10.9 Å². The fourth-order valence-electron chi connectivity index (χ4n) is 3.11. The average molecular weight is 388 g/mol. The van der Waals surface area contributed by atoms with E-state index in [1.165, 1.54) is 22.8 Å². The Morgan fingerprint density at radius 3 is 2.46 bits per heavy atom. The Morgan fingerprint density at radius 1 is 1.14 bits per heavy atom. The van der Waals surface area contributed by atoms with Gasteiger partial charge in [0.2, 0.25) is 5.91 Å². The molecule has 0 saturated carbocycles. The molecular weight excluding hydrogens is 370 g/mol. The lowest BCUT2D eigenvalue weighted by Crippen LogP contribution is -2.28. The molecule has 0 radical (unpaired) electrons. The Balaban J connectivity index is 2.15. The van der Waals surface area contributed by atoms with Crippen LogP contribution in [0.5, 0.6) is 5.75 Å². The number of nitrogens with one attached hydrogen (secondary N) is 1. The number of fused-ring (bicyclic) bond motifs is 1. The largest absolute Gasteiger partial charge is 0.505 e. The van der Waals surface area contributed by atoms with Crippen LogP contribution in [0.3, 0.4) is 0 Å². The molecule has 3 aromatic rings. The molecule has 1 heterocycles. The number of benzene rings is 2. The van der Waals surface area contributed by atoms with Gasteiger partial charge in [0.15, 0.2) is 11.6 Å². The third-order valence-electron chi connectivity index (χ3n) is 4.47. The van der Waals surface area contributed by atoms with Gasteiger partial charge in [-0.3, -0.25) is 14.2 Å². The molecule has 0 unspecified atom stereocenters. The second-order valence-electron chi connectivity index (χ2n) is 6.28. The van der Waals surface area contributed by atoms with Crippen molar-refractivity contribution >= 4 is 22.7 Å². The number of halogens is 2. The zero-order chi connectivity index (χ0) is 20.4. The van der Waals surface area contributed by atoms with E-state index in [1.807, 2.05) is 0 Å². The van der Waals surface area contributed by atoms with Gasteiger partial charge in [0.25, 0.3) is 5.91 Å². The highest BCUT2D eigenvalue weighted by molar-refractivity contribution is 6.05. The van der Waals surface area contributed by atoms with Gasteiger partial charge in [0, 0.05) is 29.3 Å². The van der Waals surface area contributed by atoms with Gasteiger partial charge < -0.3 is 15.5 Å². The fourth-order valence-corrected chi connectivity index (χ4v) is 3.11. The average Bonchev–Trinajstić information content (AvgIpc) is 2.91. The highest BCUT2D eigenvalue weighted by Gasteiger charge is 2.23. The van der Waals surface area contributed by atoms with Crippen molar-refractivity contribution in [3.63, 3.8) is 0 Å². The number of carbonyl (C=O) groups is 2. The monoisotopic (exact) mass is 388 g/mol. The number of hydrogen-bond acceptors (Lipinski definition) is 4. The SMILES string of the molecule is Cc1c(CC(=O)NCCO)c2cc(O)c(F)cc2n1C(=O)c1ccc(F)cc1. The summed E-state index contributed by atoms with van der Waals surface area (Å²) in [6, 6.07) is 7.10. The van der Waals surface area contributed by atoms with Crippen LogP contribution >= 0.6 is 0 Å². The molecular formula is C20H18F2N2O4. The van der Waals surface area contributed by atoms with Gasteiger partial charge in [-0.15, -0.1) is 0 Å². The molecule has 1 aromatic heterocycles. The van der Waals surface area contributed by atoms with E-state index in [-0.39, 0.29) is 30.7 Å². The van der Waals surface area contributed by atoms with Crippen molar-refractivity contribution in [3.05, 3.63) is 64.9 Å². The van der Waals surface area contributed by atoms with Crippen molar-refractivity contribution in [2.24, 2.45) is 0 Å². The Bertz CT molecular complexity index is 1060. The fraction of sp³-hybridized carbons (Fsp3) is 0.200. The molecule has 0 bridgehead atoms. The number of carbonyl (C=O) groups excluding carboxylic acids is 2. The number of nitrogens with zero attached hydrogens (tertiary/aromatic N) is 1. The van der Waals surface area contributed by atoms with Gasteiger partial charge in [-0.2, -0.15) is 0 Å². The van der Waals surface area contributed by atoms with E-state index in [4.69, 9.17) is 5.11 Å². The van der Waals surface area contributed by atoms with Crippen LogP contribution in [0.2, 0.25) is 0 Å². The van der Waals surface area contributed by atoms with Crippen LogP contribution in [-0.2, 0) is 11.2 Å². The quantitative estimate of drug-likeness (QED) is 0.625. The van der Waals surface area contributed by atoms with Gasteiger partial charge >= 0.3 is 0 Å². The number of aromatic hydroxyl groups is 1. The van der Waals surface area contributed by atoms with Crippen molar-refractivity contribution in [3.8, 4) is 5.75 Å². The summed E-state index contributed by atoms with van der Waals surface area (Å²) < 4.78 is 28.4. The molecule has 0 aliphatic carbocycles. The van der Waals surface area contributed by atoms with Gasteiger partial charge in [0.1, 0.15) is 5.82 Å². The van der Waals surface area contributed by atoms with Crippen LogP contribution in [0.4, 0.5) is 8.78 Å². The van der Waals surface area contributed by atoms with Gasteiger partial charge in [0.05, 0.1) is 18.5 Å². The van der Waals surface area contributed by atoms with Gasteiger partial charge in [-0.05, 0) is 42.8 Å². The molecule has 8 heteroatoms. The molecule has 0 atom stereocenters. The maximum Gasteiger partial charge on any atom is 0.262 e. The van der Waals surface area contributed by atoms with E-state index in [2.05, 4.69) is 5.32 Å². The minimum Gasteiger partial charge on any atom is -0.505 e. The first-order valence-corrected chi connectivity index (χ1v) is 8.53. The highest BCUT2D eigenvalue weighted by Crippen LogP contribution is 2.32. The first-order chi connectivity index (χ1) is 13.3. The summed E-state index contributed by atoms with van der Waals surface area (Å²) in [6.45, 7) is 1.46. The Labute approximate surface area is 159 Å². The summed E-state index contributed by atoms with van der Waals surface area (Å²) in [7, 11) is 0. The number of hydrogen-bond donors (Lipinski definition) is 3. The number of phenols is 1.